The van der Waals surface area contributed by atoms with Crippen LogP contribution in [-0.2, 0) is 0 Å². The Kier molecular flexibility index (Phi) is 4.71. The summed E-state index contributed by atoms with van der Waals surface area (Å²) in [6.07, 6.45) is 3.56. The molecule has 0 amide bonds. The van der Waals surface area contributed by atoms with E-state index in [9.17, 15) is 0 Å². The van der Waals surface area contributed by atoms with E-state index in [1.807, 2.05) is 6.07 Å². The average Bonchev–Trinajstić information content (AvgIpc) is 2.46. The van der Waals surface area contributed by atoms with Gasteiger partial charge in [-0.3, -0.25) is 0 Å². The molecule has 0 radical (unpaired) electrons. The maximum absolute atomic E-state index is 4.54. The van der Waals surface area contributed by atoms with Crippen LogP contribution in [-0.4, -0.2) is 23.1 Å². The normalized spacial score (nSPS) is 10.1. The molecule has 1 aromatic heterocycles. The molecule has 1 heterocycles. The van der Waals surface area contributed by atoms with E-state index in [1.54, 1.807) is 12.3 Å². The van der Waals surface area contributed by atoms with Gasteiger partial charge in [0.1, 0.15) is 5.82 Å². The molecule has 0 spiro atoms. The van der Waals surface area contributed by atoms with E-state index in [0.29, 0.717) is 12.5 Å². The Morgan fingerprint density at radius 3 is 2.90 bits per heavy atom. The maximum atomic E-state index is 4.54. The number of nitrogens with one attached hydrogen (secondary N) is 1. The molecule has 2 rings (SSSR count). The molecule has 4 heteroatoms. The molecule has 0 unspecified atom stereocenters. The lowest BCUT2D eigenvalue weighted by molar-refractivity contribution is 0.973. The van der Waals surface area contributed by atoms with Crippen LogP contribution in [0.15, 0.2) is 49.2 Å². The van der Waals surface area contributed by atoms with Gasteiger partial charge in [0.05, 0.1) is 0 Å². The number of benzene rings is 1. The van der Waals surface area contributed by atoms with Crippen LogP contribution in [0.25, 0.3) is 0 Å². The van der Waals surface area contributed by atoms with Crippen molar-refractivity contribution in [3.8, 4) is 0 Å². The lowest BCUT2D eigenvalue weighted by Gasteiger charge is -2.22. The summed E-state index contributed by atoms with van der Waals surface area (Å²) in [5.41, 5.74) is 2.38. The molecule has 0 bridgehead atoms. The smallest absolute Gasteiger partial charge is 0.224 e. The van der Waals surface area contributed by atoms with E-state index in [1.165, 1.54) is 5.56 Å². The number of rotatable bonds is 6. The highest BCUT2D eigenvalue weighted by atomic mass is 15.2. The van der Waals surface area contributed by atoms with Gasteiger partial charge in [0.25, 0.3) is 0 Å². The Bertz CT molecular complexity index is 580. The first kappa shape index (κ1) is 14.1. The summed E-state index contributed by atoms with van der Waals surface area (Å²) in [5.74, 6) is 1.51. The van der Waals surface area contributed by atoms with E-state index in [2.05, 4.69) is 64.9 Å². The van der Waals surface area contributed by atoms with Crippen LogP contribution in [0.4, 0.5) is 17.5 Å². The zero-order valence-electron chi connectivity index (χ0n) is 12.0. The second-order valence-corrected chi connectivity index (χ2v) is 4.49. The van der Waals surface area contributed by atoms with Gasteiger partial charge in [-0.15, -0.1) is 6.58 Å². The van der Waals surface area contributed by atoms with Crippen molar-refractivity contribution in [2.24, 2.45) is 0 Å². The van der Waals surface area contributed by atoms with Gasteiger partial charge in [0, 0.05) is 25.0 Å². The molecule has 0 atom stereocenters. The van der Waals surface area contributed by atoms with Crippen LogP contribution in [0.1, 0.15) is 12.5 Å². The molecule has 1 N–H and O–H groups in total. The third kappa shape index (κ3) is 3.35. The van der Waals surface area contributed by atoms with Crippen molar-refractivity contribution in [1.82, 2.24) is 9.97 Å². The predicted molar refractivity (Wildman–Crippen MR) is 84.6 cm³/mol. The summed E-state index contributed by atoms with van der Waals surface area (Å²) in [4.78, 5) is 10.9. The van der Waals surface area contributed by atoms with Crippen molar-refractivity contribution < 1.29 is 0 Å². The van der Waals surface area contributed by atoms with Crippen LogP contribution in [0, 0.1) is 6.92 Å². The first-order chi connectivity index (χ1) is 9.74. The molecule has 20 heavy (non-hydrogen) atoms. The number of aryl methyl sites for hydroxylation is 1. The summed E-state index contributed by atoms with van der Waals surface area (Å²) in [6.45, 7) is 9.38. The highest BCUT2D eigenvalue weighted by Gasteiger charge is 2.09. The average molecular weight is 268 g/mol. The first-order valence-corrected chi connectivity index (χ1v) is 6.76. The van der Waals surface area contributed by atoms with E-state index in [-0.39, 0.29) is 0 Å². The molecule has 0 aliphatic carbocycles. The lowest BCUT2D eigenvalue weighted by Crippen LogP contribution is -2.18. The molecule has 104 valence electrons. The Hall–Kier alpha value is -2.36. The minimum Gasteiger partial charge on any atom is -0.351 e. The fourth-order valence-corrected chi connectivity index (χ4v) is 2.02. The first-order valence-electron chi connectivity index (χ1n) is 6.76. The summed E-state index contributed by atoms with van der Waals surface area (Å²) >= 11 is 0. The fourth-order valence-electron chi connectivity index (χ4n) is 2.02. The van der Waals surface area contributed by atoms with Crippen molar-refractivity contribution >= 4 is 17.5 Å². The van der Waals surface area contributed by atoms with Crippen molar-refractivity contribution in [2.75, 3.05) is 23.3 Å². The van der Waals surface area contributed by atoms with Crippen LogP contribution in [0.2, 0.25) is 0 Å². The van der Waals surface area contributed by atoms with Gasteiger partial charge in [-0.05, 0) is 37.6 Å². The third-order valence-electron chi connectivity index (χ3n) is 2.95. The van der Waals surface area contributed by atoms with Crippen LogP contribution < -0.4 is 10.2 Å². The molecule has 4 nitrogen and oxygen atoms in total. The number of hydrogen-bond donors (Lipinski definition) is 1. The predicted octanol–water partition coefficient (Wildman–Crippen LogP) is 3.54. The number of anilines is 3. The molecule has 1 aromatic carbocycles. The minimum absolute atomic E-state index is 0.619. The number of nitrogens with zero attached hydrogens (tertiary/aromatic N) is 3. The second-order valence-electron chi connectivity index (χ2n) is 4.49. The van der Waals surface area contributed by atoms with E-state index in [4.69, 9.17) is 0 Å². The Balaban J connectivity index is 2.29. The highest BCUT2D eigenvalue weighted by molar-refractivity contribution is 5.61. The fraction of sp³-hybridized carbons (Fsp3) is 0.250. The number of hydrogen-bond acceptors (Lipinski definition) is 4. The van der Waals surface area contributed by atoms with E-state index in [0.717, 1.165) is 18.1 Å². The van der Waals surface area contributed by atoms with Gasteiger partial charge in [0.15, 0.2) is 0 Å². The zero-order chi connectivity index (χ0) is 14.4. The van der Waals surface area contributed by atoms with Crippen LogP contribution >= 0.6 is 0 Å². The van der Waals surface area contributed by atoms with E-state index < -0.39 is 0 Å². The number of aromatic nitrogens is 2. The van der Waals surface area contributed by atoms with Gasteiger partial charge >= 0.3 is 0 Å². The molecule has 0 aliphatic heterocycles. The molecular weight excluding hydrogens is 248 g/mol. The summed E-state index contributed by atoms with van der Waals surface area (Å²) in [5, 5.41) is 3.11. The maximum Gasteiger partial charge on any atom is 0.224 e. The molecule has 0 aliphatic rings. The van der Waals surface area contributed by atoms with Gasteiger partial charge in [0.2, 0.25) is 5.95 Å². The standard InChI is InChI=1S/C16H20N4/c1-4-10-17-16-18-11-9-15(19-16)20(5-2)14-8-6-7-13(3)12-14/h4,6-9,11-12H,1,5,10H2,2-3H3,(H,17,18,19). The van der Waals surface area contributed by atoms with Gasteiger partial charge < -0.3 is 10.2 Å². The van der Waals surface area contributed by atoms with Crippen molar-refractivity contribution in [2.45, 2.75) is 13.8 Å². The summed E-state index contributed by atoms with van der Waals surface area (Å²) in [7, 11) is 0. The van der Waals surface area contributed by atoms with Gasteiger partial charge in [-0.2, -0.15) is 4.98 Å². The topological polar surface area (TPSA) is 41.1 Å². The molecule has 0 saturated carbocycles. The zero-order valence-corrected chi connectivity index (χ0v) is 12.0. The van der Waals surface area contributed by atoms with Gasteiger partial charge in [-0.25, -0.2) is 4.98 Å². The quantitative estimate of drug-likeness (QED) is 0.814. The minimum atomic E-state index is 0.619. The summed E-state index contributed by atoms with van der Waals surface area (Å²) in [6, 6.07) is 10.3. The Morgan fingerprint density at radius 2 is 2.20 bits per heavy atom. The van der Waals surface area contributed by atoms with E-state index >= 15 is 0 Å². The molecule has 2 aromatic rings. The SMILES string of the molecule is C=CCNc1nccc(N(CC)c2cccc(C)c2)n1. The Labute approximate surface area is 120 Å². The van der Waals surface area contributed by atoms with Crippen LogP contribution in [0.3, 0.4) is 0 Å². The van der Waals surface area contributed by atoms with Crippen molar-refractivity contribution in [3.05, 3.63) is 54.7 Å². The van der Waals surface area contributed by atoms with Crippen molar-refractivity contribution in [3.63, 3.8) is 0 Å². The van der Waals surface area contributed by atoms with Crippen molar-refractivity contribution in [1.29, 1.82) is 0 Å². The monoisotopic (exact) mass is 268 g/mol. The molecule has 0 saturated heterocycles. The third-order valence-corrected chi connectivity index (χ3v) is 2.95. The highest BCUT2D eigenvalue weighted by Crippen LogP contribution is 2.24. The Morgan fingerprint density at radius 1 is 1.35 bits per heavy atom. The van der Waals surface area contributed by atoms with Gasteiger partial charge in [-0.1, -0.05) is 18.2 Å². The molecule has 0 fully saturated rings. The lowest BCUT2D eigenvalue weighted by atomic mass is 10.2. The molecular formula is C16H20N4. The largest absolute Gasteiger partial charge is 0.351 e. The summed E-state index contributed by atoms with van der Waals surface area (Å²) < 4.78 is 0. The van der Waals surface area contributed by atoms with Crippen LogP contribution in [0.5, 0.6) is 0 Å². The second kappa shape index (κ2) is 6.70.